The van der Waals surface area contributed by atoms with E-state index in [-0.39, 0.29) is 5.54 Å². The van der Waals surface area contributed by atoms with Crippen LogP contribution in [0, 0.1) is 0 Å². The van der Waals surface area contributed by atoms with Gasteiger partial charge in [0.15, 0.2) is 0 Å². The smallest absolute Gasteiger partial charge is 0.0613 e. The minimum absolute atomic E-state index is 0.0245. The second kappa shape index (κ2) is 9.22. The number of rotatable bonds is 9. The summed E-state index contributed by atoms with van der Waals surface area (Å²) >= 11 is 2.14. The Kier molecular flexibility index (Phi) is 8.36. The van der Waals surface area contributed by atoms with Crippen LogP contribution in [0.1, 0.15) is 65.2 Å². The molecule has 3 heteroatoms. The van der Waals surface area contributed by atoms with Crippen LogP contribution in [0.4, 0.5) is 0 Å². The number of hydrogen-bond donors (Lipinski definition) is 2. The van der Waals surface area contributed by atoms with Crippen molar-refractivity contribution < 1.29 is 5.11 Å². The van der Waals surface area contributed by atoms with Crippen LogP contribution in [0.25, 0.3) is 0 Å². The fraction of sp³-hybridized carbons (Fsp3) is 1.00. The summed E-state index contributed by atoms with van der Waals surface area (Å²) in [5.74, 6) is 1.30. The van der Waals surface area contributed by atoms with Gasteiger partial charge in [0.1, 0.15) is 0 Å². The third-order valence-electron chi connectivity index (χ3n) is 3.95. The molecule has 0 aliphatic heterocycles. The minimum atomic E-state index is 0.0245. The molecule has 2 nitrogen and oxygen atoms in total. The number of aliphatic hydroxyl groups excluding tert-OH is 1. The van der Waals surface area contributed by atoms with Gasteiger partial charge < -0.3 is 10.4 Å². The largest absolute Gasteiger partial charge is 0.394 e. The average Bonchev–Trinajstić information content (AvgIpc) is 2.42. The molecule has 2 N–H and O–H groups in total. The Morgan fingerprint density at radius 3 is 2.78 bits per heavy atom. The highest BCUT2D eigenvalue weighted by atomic mass is 32.2. The predicted molar refractivity (Wildman–Crippen MR) is 82.3 cm³/mol. The molecule has 18 heavy (non-hydrogen) atoms. The summed E-state index contributed by atoms with van der Waals surface area (Å²) in [6, 6.07) is 0. The molecule has 1 rings (SSSR count). The lowest BCUT2D eigenvalue weighted by Gasteiger charge is -2.40. The molecule has 1 saturated carbocycles. The van der Waals surface area contributed by atoms with Gasteiger partial charge >= 0.3 is 0 Å². The molecule has 1 aliphatic rings. The molecule has 108 valence electrons. The van der Waals surface area contributed by atoms with Crippen molar-refractivity contribution in [3.8, 4) is 0 Å². The van der Waals surface area contributed by atoms with Crippen LogP contribution in [0.3, 0.4) is 0 Å². The first-order chi connectivity index (χ1) is 8.76. The summed E-state index contributed by atoms with van der Waals surface area (Å²) in [6.45, 7) is 5.79. The fourth-order valence-electron chi connectivity index (χ4n) is 2.80. The lowest BCUT2D eigenvalue weighted by atomic mass is 9.82. The van der Waals surface area contributed by atoms with Gasteiger partial charge in [0.05, 0.1) is 6.61 Å². The average molecular weight is 273 g/mol. The number of unbranched alkanes of at least 4 members (excludes halogenated alkanes) is 2. The summed E-state index contributed by atoms with van der Waals surface area (Å²) in [6.07, 6.45) is 10.1. The molecule has 0 aromatic heterocycles. The number of nitrogens with one attached hydrogen (secondary N) is 1. The highest BCUT2D eigenvalue weighted by molar-refractivity contribution is 7.99. The van der Waals surface area contributed by atoms with Crippen LogP contribution in [-0.4, -0.2) is 34.8 Å². The summed E-state index contributed by atoms with van der Waals surface area (Å²) in [7, 11) is 0. The standard InChI is InChI=1S/C15H31NOS/c1-3-5-6-11-18-14-8-7-9-15(12-14,13-17)16-10-4-2/h14,16-17H,3-13H2,1-2H3. The highest BCUT2D eigenvalue weighted by Gasteiger charge is 2.35. The number of thioether (sulfide) groups is 1. The van der Waals surface area contributed by atoms with Crippen LogP contribution >= 0.6 is 11.8 Å². The van der Waals surface area contributed by atoms with Crippen LogP contribution in [0.5, 0.6) is 0 Å². The molecule has 0 aromatic carbocycles. The highest BCUT2D eigenvalue weighted by Crippen LogP contribution is 2.35. The predicted octanol–water partition coefficient (Wildman–Crippen LogP) is 3.58. The zero-order valence-corrected chi connectivity index (χ0v) is 13.0. The minimum Gasteiger partial charge on any atom is -0.394 e. The summed E-state index contributed by atoms with van der Waals surface area (Å²) in [5.41, 5.74) is 0.0245. The Hall–Kier alpha value is 0.270. The third kappa shape index (κ3) is 5.50. The maximum atomic E-state index is 9.72. The Bertz CT molecular complexity index is 213. The van der Waals surface area contributed by atoms with Gasteiger partial charge in [0, 0.05) is 10.8 Å². The fourth-order valence-corrected chi connectivity index (χ4v) is 4.28. The van der Waals surface area contributed by atoms with Crippen molar-refractivity contribution in [2.45, 2.75) is 76.0 Å². The van der Waals surface area contributed by atoms with Crippen LogP contribution in [-0.2, 0) is 0 Å². The van der Waals surface area contributed by atoms with Crippen LogP contribution in [0.2, 0.25) is 0 Å². The van der Waals surface area contributed by atoms with Crippen molar-refractivity contribution in [3.63, 3.8) is 0 Å². The van der Waals surface area contributed by atoms with Gasteiger partial charge in [0.25, 0.3) is 0 Å². The lowest BCUT2D eigenvalue weighted by molar-refractivity contribution is 0.124. The van der Waals surface area contributed by atoms with Crippen molar-refractivity contribution in [1.29, 1.82) is 0 Å². The van der Waals surface area contributed by atoms with Gasteiger partial charge in [-0.25, -0.2) is 0 Å². The van der Waals surface area contributed by atoms with E-state index in [4.69, 9.17) is 0 Å². The van der Waals surface area contributed by atoms with Gasteiger partial charge in [-0.3, -0.25) is 0 Å². The van der Waals surface area contributed by atoms with E-state index in [0.717, 1.165) is 31.1 Å². The number of aliphatic hydroxyl groups is 1. The van der Waals surface area contributed by atoms with Crippen LogP contribution in [0.15, 0.2) is 0 Å². The second-order valence-corrected chi connectivity index (χ2v) is 7.07. The molecule has 2 atom stereocenters. The van der Waals surface area contributed by atoms with Gasteiger partial charge in [-0.1, -0.05) is 33.1 Å². The second-order valence-electron chi connectivity index (χ2n) is 5.66. The first kappa shape index (κ1) is 16.3. The molecule has 0 amide bonds. The van der Waals surface area contributed by atoms with Crippen LogP contribution < -0.4 is 5.32 Å². The van der Waals surface area contributed by atoms with E-state index < -0.39 is 0 Å². The molecule has 0 aromatic rings. The molecule has 2 unspecified atom stereocenters. The molecular weight excluding hydrogens is 242 g/mol. The van der Waals surface area contributed by atoms with Crippen molar-refractivity contribution in [3.05, 3.63) is 0 Å². The normalized spacial score (nSPS) is 28.5. The first-order valence-corrected chi connectivity index (χ1v) is 8.78. The van der Waals surface area contributed by atoms with Gasteiger partial charge in [-0.15, -0.1) is 0 Å². The van der Waals surface area contributed by atoms with Crippen molar-refractivity contribution in [2.24, 2.45) is 0 Å². The van der Waals surface area contributed by atoms with E-state index in [1.54, 1.807) is 0 Å². The monoisotopic (exact) mass is 273 g/mol. The van der Waals surface area contributed by atoms with Crippen molar-refractivity contribution in [1.82, 2.24) is 5.32 Å². The Balaban J connectivity index is 2.33. The molecule has 0 spiro atoms. The quantitative estimate of drug-likeness (QED) is 0.630. The molecular formula is C15H31NOS. The van der Waals surface area contributed by atoms with Crippen molar-refractivity contribution >= 4 is 11.8 Å². The Labute approximate surface area is 117 Å². The lowest BCUT2D eigenvalue weighted by Crippen LogP contribution is -2.52. The van der Waals surface area contributed by atoms with E-state index >= 15 is 0 Å². The van der Waals surface area contributed by atoms with E-state index in [9.17, 15) is 5.11 Å². The Morgan fingerprint density at radius 1 is 1.28 bits per heavy atom. The maximum Gasteiger partial charge on any atom is 0.0613 e. The van der Waals surface area contributed by atoms with Gasteiger partial charge in [-0.2, -0.15) is 11.8 Å². The topological polar surface area (TPSA) is 32.3 Å². The number of hydrogen-bond acceptors (Lipinski definition) is 3. The first-order valence-electron chi connectivity index (χ1n) is 7.74. The van der Waals surface area contributed by atoms with E-state index in [0.29, 0.717) is 6.61 Å². The zero-order valence-electron chi connectivity index (χ0n) is 12.2. The van der Waals surface area contributed by atoms with Gasteiger partial charge in [0.2, 0.25) is 0 Å². The van der Waals surface area contributed by atoms with E-state index in [1.807, 2.05) is 0 Å². The summed E-state index contributed by atoms with van der Waals surface area (Å²) in [5, 5.41) is 14.1. The van der Waals surface area contributed by atoms with E-state index in [2.05, 4.69) is 30.9 Å². The van der Waals surface area contributed by atoms with E-state index in [1.165, 1.54) is 37.9 Å². The molecule has 1 aliphatic carbocycles. The maximum absolute atomic E-state index is 9.72. The molecule has 0 bridgehead atoms. The Morgan fingerprint density at radius 2 is 2.11 bits per heavy atom. The molecule has 0 radical (unpaired) electrons. The summed E-state index contributed by atoms with van der Waals surface area (Å²) in [4.78, 5) is 0. The van der Waals surface area contributed by atoms with Crippen molar-refractivity contribution in [2.75, 3.05) is 18.9 Å². The molecule has 1 fully saturated rings. The summed E-state index contributed by atoms with van der Waals surface area (Å²) < 4.78 is 0. The third-order valence-corrected chi connectivity index (χ3v) is 5.35. The SMILES string of the molecule is CCCCCSC1CCCC(CO)(NCCC)C1. The van der Waals surface area contributed by atoms with Gasteiger partial charge in [-0.05, 0) is 44.4 Å². The zero-order chi connectivity index (χ0) is 13.3. The molecule has 0 saturated heterocycles. The molecule has 0 heterocycles.